The van der Waals surface area contributed by atoms with Crippen LogP contribution in [0.3, 0.4) is 0 Å². The third-order valence-corrected chi connectivity index (χ3v) is 4.50. The van der Waals surface area contributed by atoms with E-state index in [2.05, 4.69) is 5.32 Å². The highest BCUT2D eigenvalue weighted by atomic mass is 16.6. The topological polar surface area (TPSA) is 120 Å². The van der Waals surface area contributed by atoms with Gasteiger partial charge in [0.1, 0.15) is 11.2 Å². The summed E-state index contributed by atoms with van der Waals surface area (Å²) in [6, 6.07) is 2.30. The van der Waals surface area contributed by atoms with E-state index in [1.165, 1.54) is 19.2 Å². The summed E-state index contributed by atoms with van der Waals surface area (Å²) < 4.78 is 15.9. The second kappa shape index (κ2) is 9.64. The Morgan fingerprint density at radius 2 is 1.87 bits per heavy atom. The Morgan fingerprint density at radius 1 is 1.23 bits per heavy atom. The summed E-state index contributed by atoms with van der Waals surface area (Å²) in [6.45, 7) is 8.34. The van der Waals surface area contributed by atoms with Crippen molar-refractivity contribution in [2.24, 2.45) is 0 Å². The molecule has 1 aromatic rings. The smallest absolute Gasteiger partial charge is 0.410 e. The van der Waals surface area contributed by atoms with E-state index >= 15 is 0 Å². The van der Waals surface area contributed by atoms with Gasteiger partial charge >= 0.3 is 6.09 Å². The number of nitro benzene ring substituents is 1. The molecule has 1 aliphatic rings. The number of piperidine rings is 1. The Kier molecular flexibility index (Phi) is 7.47. The normalized spacial score (nSPS) is 14.8. The molecule has 0 spiro atoms. The molecule has 10 heteroatoms. The molecule has 0 unspecified atom stereocenters. The van der Waals surface area contributed by atoms with E-state index in [1.807, 2.05) is 0 Å². The van der Waals surface area contributed by atoms with Gasteiger partial charge in [0.2, 0.25) is 0 Å². The minimum absolute atomic E-state index is 0.0983. The summed E-state index contributed by atoms with van der Waals surface area (Å²) in [7, 11) is 1.37. The zero-order valence-electron chi connectivity index (χ0n) is 18.0. The van der Waals surface area contributed by atoms with Gasteiger partial charge in [0, 0.05) is 25.2 Å². The number of carbonyl (C=O) groups is 2. The molecule has 1 fully saturated rings. The highest BCUT2D eigenvalue weighted by Gasteiger charge is 2.30. The number of nitrogens with one attached hydrogen (secondary N) is 1. The molecule has 0 saturated carbocycles. The number of nitro groups is 1. The summed E-state index contributed by atoms with van der Waals surface area (Å²) in [6.07, 6.45) is 0.653. The number of ether oxygens (including phenoxy) is 3. The number of hydrogen-bond acceptors (Lipinski definition) is 7. The third-order valence-electron chi connectivity index (χ3n) is 4.50. The Balaban J connectivity index is 2.08. The quantitative estimate of drug-likeness (QED) is 0.551. The highest BCUT2D eigenvalue weighted by Crippen LogP contribution is 2.35. The number of likely N-dealkylation sites (tertiary alicyclic amines) is 1. The summed E-state index contributed by atoms with van der Waals surface area (Å²) in [5.41, 5.74) is -1.04. The molecule has 1 aromatic carbocycles. The molecule has 30 heavy (non-hydrogen) atoms. The van der Waals surface area contributed by atoms with Gasteiger partial charge in [-0.1, -0.05) is 0 Å². The molecular weight excluding hydrogens is 394 g/mol. The second-order valence-corrected chi connectivity index (χ2v) is 7.93. The van der Waals surface area contributed by atoms with Crippen LogP contribution in [0.1, 0.15) is 50.9 Å². The first-order valence-electron chi connectivity index (χ1n) is 9.83. The maximum absolute atomic E-state index is 12.8. The van der Waals surface area contributed by atoms with Crippen LogP contribution >= 0.6 is 0 Å². The molecule has 1 aliphatic heterocycles. The molecule has 0 atom stereocenters. The van der Waals surface area contributed by atoms with E-state index in [0.717, 1.165) is 0 Å². The first-order valence-corrected chi connectivity index (χ1v) is 9.83. The molecule has 10 nitrogen and oxygen atoms in total. The summed E-state index contributed by atoms with van der Waals surface area (Å²) in [4.78, 5) is 37.4. The van der Waals surface area contributed by atoms with E-state index in [0.29, 0.717) is 32.5 Å². The van der Waals surface area contributed by atoms with Crippen molar-refractivity contribution in [1.82, 2.24) is 10.2 Å². The van der Waals surface area contributed by atoms with Crippen molar-refractivity contribution in [3.05, 3.63) is 27.8 Å². The maximum Gasteiger partial charge on any atom is 0.410 e. The molecule has 0 aromatic heterocycles. The number of rotatable bonds is 6. The number of carbonyl (C=O) groups excluding carboxylic acids is 2. The molecule has 0 aliphatic carbocycles. The van der Waals surface area contributed by atoms with E-state index in [1.54, 1.807) is 32.6 Å². The van der Waals surface area contributed by atoms with Gasteiger partial charge in [0.05, 0.1) is 24.7 Å². The van der Waals surface area contributed by atoms with Crippen molar-refractivity contribution in [3.63, 3.8) is 0 Å². The molecular formula is C20H29N3O7. The van der Waals surface area contributed by atoms with Gasteiger partial charge in [0.15, 0.2) is 11.5 Å². The fourth-order valence-corrected chi connectivity index (χ4v) is 3.11. The lowest BCUT2D eigenvalue weighted by atomic mass is 10.0. The van der Waals surface area contributed by atoms with Gasteiger partial charge in [-0.25, -0.2) is 4.79 Å². The molecule has 1 saturated heterocycles. The van der Waals surface area contributed by atoms with E-state index in [-0.39, 0.29) is 34.9 Å². The lowest BCUT2D eigenvalue weighted by molar-refractivity contribution is -0.385. The van der Waals surface area contributed by atoms with Crippen LogP contribution in [0, 0.1) is 10.1 Å². The fourth-order valence-electron chi connectivity index (χ4n) is 3.11. The first kappa shape index (κ1) is 23.2. The highest BCUT2D eigenvalue weighted by molar-refractivity contribution is 5.99. The van der Waals surface area contributed by atoms with Gasteiger partial charge in [-0.3, -0.25) is 14.9 Å². The summed E-state index contributed by atoms with van der Waals surface area (Å²) >= 11 is 0. The molecule has 2 amide bonds. The number of benzene rings is 1. The largest absolute Gasteiger partial charge is 0.493 e. The first-order chi connectivity index (χ1) is 14.1. The average Bonchev–Trinajstić information content (AvgIpc) is 2.66. The minimum Gasteiger partial charge on any atom is -0.493 e. The molecule has 1 N–H and O–H groups in total. The molecule has 166 valence electrons. The van der Waals surface area contributed by atoms with Crippen molar-refractivity contribution in [2.45, 2.75) is 52.2 Å². The number of nitrogens with zero attached hydrogens (tertiary/aromatic N) is 2. The Labute approximate surface area is 175 Å². The summed E-state index contributed by atoms with van der Waals surface area (Å²) in [5.74, 6) is -0.123. The molecule has 1 heterocycles. The standard InChI is InChI=1S/C20H29N3O7/c1-6-29-17-11-14(15(23(26)27)12-16(17)28-5)18(24)21-13-7-9-22(10-8-13)19(25)30-20(2,3)4/h11-13H,6-10H2,1-5H3,(H,21,24). The predicted octanol–water partition coefficient (Wildman–Crippen LogP) is 3.13. The number of methoxy groups -OCH3 is 1. The van der Waals surface area contributed by atoms with Crippen LogP contribution in [-0.4, -0.2) is 60.3 Å². The minimum atomic E-state index is -0.627. The second-order valence-electron chi connectivity index (χ2n) is 7.93. The zero-order chi connectivity index (χ0) is 22.5. The van der Waals surface area contributed by atoms with Crippen molar-refractivity contribution < 1.29 is 28.7 Å². The van der Waals surface area contributed by atoms with Crippen molar-refractivity contribution in [2.75, 3.05) is 26.8 Å². The van der Waals surface area contributed by atoms with Crippen molar-refractivity contribution in [3.8, 4) is 11.5 Å². The lowest BCUT2D eigenvalue weighted by Crippen LogP contribution is -2.47. The third kappa shape index (κ3) is 5.98. The van der Waals surface area contributed by atoms with Crippen LogP contribution < -0.4 is 14.8 Å². The van der Waals surface area contributed by atoms with Gasteiger partial charge in [0.25, 0.3) is 11.6 Å². The van der Waals surface area contributed by atoms with Crippen LogP contribution in [0.5, 0.6) is 11.5 Å². The van der Waals surface area contributed by atoms with Gasteiger partial charge in [-0.05, 0) is 40.5 Å². The fraction of sp³-hybridized carbons (Fsp3) is 0.600. The van der Waals surface area contributed by atoms with Gasteiger partial charge in [-0.2, -0.15) is 0 Å². The number of amides is 2. The monoisotopic (exact) mass is 423 g/mol. The SMILES string of the molecule is CCOc1cc(C(=O)NC2CCN(C(=O)OC(C)(C)C)CC2)c([N+](=O)[O-])cc1OC. The Bertz CT molecular complexity index is 796. The van der Waals surface area contributed by atoms with E-state index in [9.17, 15) is 19.7 Å². The van der Waals surface area contributed by atoms with E-state index < -0.39 is 16.4 Å². The van der Waals surface area contributed by atoms with Crippen LogP contribution in [-0.2, 0) is 4.74 Å². The van der Waals surface area contributed by atoms with Crippen LogP contribution in [0.4, 0.5) is 10.5 Å². The van der Waals surface area contributed by atoms with Crippen molar-refractivity contribution >= 4 is 17.7 Å². The number of hydrogen-bond donors (Lipinski definition) is 1. The van der Waals surface area contributed by atoms with Gasteiger partial charge < -0.3 is 24.4 Å². The zero-order valence-corrected chi connectivity index (χ0v) is 18.0. The van der Waals surface area contributed by atoms with Crippen LogP contribution in [0.15, 0.2) is 12.1 Å². The van der Waals surface area contributed by atoms with Crippen LogP contribution in [0.2, 0.25) is 0 Å². The maximum atomic E-state index is 12.8. The molecule has 0 bridgehead atoms. The van der Waals surface area contributed by atoms with Gasteiger partial charge in [-0.15, -0.1) is 0 Å². The summed E-state index contributed by atoms with van der Waals surface area (Å²) in [5, 5.41) is 14.3. The predicted molar refractivity (Wildman–Crippen MR) is 109 cm³/mol. The van der Waals surface area contributed by atoms with Crippen LogP contribution in [0.25, 0.3) is 0 Å². The molecule has 0 radical (unpaired) electrons. The lowest BCUT2D eigenvalue weighted by Gasteiger charge is -2.33. The van der Waals surface area contributed by atoms with Crippen molar-refractivity contribution in [1.29, 1.82) is 0 Å². The average molecular weight is 423 g/mol. The molecule has 2 rings (SSSR count). The van der Waals surface area contributed by atoms with E-state index in [4.69, 9.17) is 14.2 Å². The Hall–Kier alpha value is -3.04. The Morgan fingerprint density at radius 3 is 2.37 bits per heavy atom.